The third-order valence-electron chi connectivity index (χ3n) is 2.17. The largest absolute Gasteiger partial charge is 0.481 e. The second-order valence-electron chi connectivity index (χ2n) is 3.24. The van der Waals surface area contributed by atoms with E-state index in [4.69, 9.17) is 10.8 Å². The van der Waals surface area contributed by atoms with Crippen molar-refractivity contribution in [2.75, 3.05) is 0 Å². The van der Waals surface area contributed by atoms with Crippen molar-refractivity contribution in [1.82, 2.24) is 0 Å². The van der Waals surface area contributed by atoms with E-state index in [0.29, 0.717) is 5.56 Å². The number of carboxylic acids is 1. The lowest BCUT2D eigenvalue weighted by Crippen LogP contribution is -2.33. The van der Waals surface area contributed by atoms with Crippen LogP contribution in [0.2, 0.25) is 0 Å². The first kappa shape index (κ1) is 11.4. The molecule has 0 aromatic heterocycles. The topological polar surface area (TPSA) is 80.4 Å². The summed E-state index contributed by atoms with van der Waals surface area (Å²) >= 11 is 0. The van der Waals surface area contributed by atoms with Crippen LogP contribution in [-0.4, -0.2) is 23.4 Å². The fourth-order valence-corrected chi connectivity index (χ4v) is 1.45. The minimum Gasteiger partial charge on any atom is -0.481 e. The molecule has 0 aliphatic carbocycles. The van der Waals surface area contributed by atoms with E-state index in [1.165, 1.54) is 0 Å². The van der Waals surface area contributed by atoms with E-state index in [2.05, 4.69) is 0 Å². The van der Waals surface area contributed by atoms with Gasteiger partial charge in [0.15, 0.2) is 6.29 Å². The number of nitrogens with two attached hydrogens (primary N) is 1. The predicted octanol–water partition coefficient (Wildman–Crippen LogP) is 0.682. The lowest BCUT2D eigenvalue weighted by atomic mass is 9.90. The van der Waals surface area contributed by atoms with Crippen molar-refractivity contribution in [3.63, 3.8) is 0 Å². The summed E-state index contributed by atoms with van der Waals surface area (Å²) in [6, 6.07) is 7.90. The van der Waals surface area contributed by atoms with Gasteiger partial charge in [-0.3, -0.25) is 9.59 Å². The molecular formula is C11H12NO3. The number of rotatable bonds is 5. The Morgan fingerprint density at radius 1 is 1.40 bits per heavy atom. The summed E-state index contributed by atoms with van der Waals surface area (Å²) in [6.07, 6.45) is 1.56. The molecule has 0 bridgehead atoms. The molecule has 0 heterocycles. The lowest BCUT2D eigenvalue weighted by Gasteiger charge is -2.17. The summed E-state index contributed by atoms with van der Waals surface area (Å²) < 4.78 is 0. The maximum Gasteiger partial charge on any atom is 0.312 e. The van der Waals surface area contributed by atoms with Gasteiger partial charge in [0.05, 0.1) is 5.92 Å². The van der Waals surface area contributed by atoms with Gasteiger partial charge in [-0.2, -0.15) is 0 Å². The number of benzene rings is 1. The van der Waals surface area contributed by atoms with Gasteiger partial charge in [0.2, 0.25) is 0 Å². The van der Waals surface area contributed by atoms with Crippen LogP contribution in [0.1, 0.15) is 17.9 Å². The van der Waals surface area contributed by atoms with Gasteiger partial charge in [-0.15, -0.1) is 0 Å². The maximum absolute atomic E-state index is 11.0. The number of aliphatic carboxylic acids is 1. The molecule has 1 unspecified atom stereocenters. The second-order valence-corrected chi connectivity index (χ2v) is 3.24. The van der Waals surface area contributed by atoms with Crippen LogP contribution < -0.4 is 5.73 Å². The highest BCUT2D eigenvalue weighted by atomic mass is 16.4. The third-order valence-corrected chi connectivity index (χ3v) is 2.17. The molecule has 3 N–H and O–H groups in total. The molecule has 0 spiro atoms. The van der Waals surface area contributed by atoms with Crippen molar-refractivity contribution in [1.29, 1.82) is 0 Å². The highest BCUT2D eigenvalue weighted by molar-refractivity contribution is 5.77. The highest BCUT2D eigenvalue weighted by Gasteiger charge is 2.26. The highest BCUT2D eigenvalue weighted by Crippen LogP contribution is 2.20. The average Bonchev–Trinajstić information content (AvgIpc) is 2.19. The summed E-state index contributed by atoms with van der Waals surface area (Å²) in [5.41, 5.74) is 6.22. The Balaban J connectivity index is 2.93. The van der Waals surface area contributed by atoms with Crippen LogP contribution in [0.15, 0.2) is 30.3 Å². The van der Waals surface area contributed by atoms with Gasteiger partial charge in [0, 0.05) is 12.5 Å². The molecule has 1 aromatic carbocycles. The van der Waals surface area contributed by atoms with Crippen LogP contribution in [0.5, 0.6) is 0 Å². The lowest BCUT2D eigenvalue weighted by molar-refractivity contribution is -0.139. The number of hydrogen-bond acceptors (Lipinski definition) is 3. The first-order chi connectivity index (χ1) is 7.16. The van der Waals surface area contributed by atoms with Gasteiger partial charge in [0.1, 0.15) is 0 Å². The molecule has 0 saturated heterocycles. The fraction of sp³-hybridized carbons (Fsp3) is 0.273. The monoisotopic (exact) mass is 206 g/mol. The van der Waals surface area contributed by atoms with E-state index in [1.54, 1.807) is 36.6 Å². The minimum atomic E-state index is -1.02. The van der Waals surface area contributed by atoms with Crippen LogP contribution in [0.3, 0.4) is 0 Å². The Kier molecular flexibility index (Phi) is 4.00. The molecule has 0 aliphatic heterocycles. The molecule has 0 aliphatic rings. The fourth-order valence-electron chi connectivity index (χ4n) is 1.45. The van der Waals surface area contributed by atoms with Crippen molar-refractivity contribution >= 4 is 12.3 Å². The normalized spacial score (nSPS) is 14.2. The molecule has 1 rings (SSSR count). The second kappa shape index (κ2) is 5.26. The Morgan fingerprint density at radius 2 is 2.00 bits per heavy atom. The zero-order chi connectivity index (χ0) is 11.3. The van der Waals surface area contributed by atoms with Crippen LogP contribution in [0, 0.1) is 0 Å². The molecule has 0 amide bonds. The van der Waals surface area contributed by atoms with Gasteiger partial charge in [-0.1, -0.05) is 30.3 Å². The Bertz CT molecular complexity index is 337. The first-order valence-electron chi connectivity index (χ1n) is 4.55. The third kappa shape index (κ3) is 2.89. The average molecular weight is 206 g/mol. The summed E-state index contributed by atoms with van der Waals surface area (Å²) in [5.74, 6) is -1.88. The zero-order valence-electron chi connectivity index (χ0n) is 8.09. The van der Waals surface area contributed by atoms with Gasteiger partial charge >= 0.3 is 5.97 Å². The van der Waals surface area contributed by atoms with Crippen LogP contribution in [0.4, 0.5) is 0 Å². The number of carbonyl (C=O) groups excluding carboxylic acids is 1. The van der Waals surface area contributed by atoms with Crippen molar-refractivity contribution in [2.45, 2.75) is 18.4 Å². The Morgan fingerprint density at radius 3 is 2.47 bits per heavy atom. The maximum atomic E-state index is 11.0. The standard InChI is InChI=1S/C11H12NO3/c12-9(6-7-13)10(11(14)15)8-4-2-1-3-5-8/h1-5,9-10H,6,12H2,(H,14,15)/t9-,10?/m0/s1. The van der Waals surface area contributed by atoms with E-state index in [9.17, 15) is 9.59 Å². The molecule has 15 heavy (non-hydrogen) atoms. The SMILES string of the molecule is N[C@@H](C[C]=O)C(C(=O)O)c1ccccc1. The summed E-state index contributed by atoms with van der Waals surface area (Å²) in [4.78, 5) is 21.2. The summed E-state index contributed by atoms with van der Waals surface area (Å²) in [5, 5.41) is 9.01. The zero-order valence-corrected chi connectivity index (χ0v) is 8.09. The molecule has 4 nitrogen and oxygen atoms in total. The van der Waals surface area contributed by atoms with E-state index in [0.717, 1.165) is 0 Å². The molecule has 1 aromatic rings. The Hall–Kier alpha value is -1.68. The van der Waals surface area contributed by atoms with Gasteiger partial charge in [0.25, 0.3) is 0 Å². The summed E-state index contributed by atoms with van der Waals surface area (Å²) in [7, 11) is 0. The number of carbonyl (C=O) groups is 1. The van der Waals surface area contributed by atoms with E-state index >= 15 is 0 Å². The quantitative estimate of drug-likeness (QED) is 0.742. The van der Waals surface area contributed by atoms with Crippen molar-refractivity contribution in [2.24, 2.45) is 5.73 Å². The molecule has 2 atom stereocenters. The van der Waals surface area contributed by atoms with E-state index in [1.807, 2.05) is 0 Å². The first-order valence-corrected chi connectivity index (χ1v) is 4.55. The van der Waals surface area contributed by atoms with Crippen molar-refractivity contribution in [3.8, 4) is 0 Å². The van der Waals surface area contributed by atoms with Crippen LogP contribution >= 0.6 is 0 Å². The molecule has 0 fully saturated rings. The number of hydrogen-bond donors (Lipinski definition) is 2. The molecule has 0 saturated carbocycles. The van der Waals surface area contributed by atoms with Crippen LogP contribution in [0.25, 0.3) is 0 Å². The Labute approximate surface area is 87.7 Å². The number of carboxylic acid groups (broad SMARTS) is 1. The predicted molar refractivity (Wildman–Crippen MR) is 55.1 cm³/mol. The van der Waals surface area contributed by atoms with Gasteiger partial charge < -0.3 is 10.8 Å². The summed E-state index contributed by atoms with van der Waals surface area (Å²) in [6.45, 7) is 0. The van der Waals surface area contributed by atoms with E-state index < -0.39 is 17.9 Å². The van der Waals surface area contributed by atoms with Crippen molar-refractivity contribution in [3.05, 3.63) is 35.9 Å². The van der Waals surface area contributed by atoms with Gasteiger partial charge in [-0.05, 0) is 5.56 Å². The smallest absolute Gasteiger partial charge is 0.312 e. The van der Waals surface area contributed by atoms with E-state index in [-0.39, 0.29) is 6.42 Å². The minimum absolute atomic E-state index is 0.0775. The molecule has 1 radical (unpaired) electrons. The van der Waals surface area contributed by atoms with Crippen molar-refractivity contribution < 1.29 is 14.7 Å². The molecule has 79 valence electrons. The molecule has 4 heteroatoms. The van der Waals surface area contributed by atoms with Gasteiger partial charge in [-0.25, -0.2) is 0 Å². The van der Waals surface area contributed by atoms with Crippen LogP contribution in [-0.2, 0) is 9.59 Å². The molecular weight excluding hydrogens is 194 g/mol.